The van der Waals surface area contributed by atoms with Gasteiger partial charge in [0, 0.05) is 31.0 Å². The van der Waals surface area contributed by atoms with Crippen molar-refractivity contribution in [1.82, 2.24) is 10.3 Å². The minimum atomic E-state index is 0.0682. The summed E-state index contributed by atoms with van der Waals surface area (Å²) in [7, 11) is 0. The number of para-hydroxylation sites is 1. The van der Waals surface area contributed by atoms with E-state index in [0.717, 1.165) is 17.9 Å². The fraction of sp³-hybridized carbons (Fsp3) is 0.250. The predicted molar refractivity (Wildman–Crippen MR) is 77.1 cm³/mol. The molecule has 1 heterocycles. The van der Waals surface area contributed by atoms with Crippen LogP contribution in [-0.4, -0.2) is 11.6 Å². The van der Waals surface area contributed by atoms with E-state index in [4.69, 9.17) is 10.00 Å². The number of rotatable bonds is 6. The quantitative estimate of drug-likeness (QED) is 0.874. The molecule has 2 rings (SSSR count). The predicted octanol–water partition coefficient (Wildman–Crippen LogP) is 2.58. The SMILES string of the molecule is Cc1ccncc1CNCc1ccccc1OCC#N. The van der Waals surface area contributed by atoms with E-state index >= 15 is 0 Å². The van der Waals surface area contributed by atoms with Crippen LogP contribution in [0.5, 0.6) is 5.75 Å². The highest BCUT2D eigenvalue weighted by molar-refractivity contribution is 5.33. The number of benzene rings is 1. The number of hydrogen-bond acceptors (Lipinski definition) is 4. The number of nitrogens with one attached hydrogen (secondary N) is 1. The smallest absolute Gasteiger partial charge is 0.174 e. The average molecular weight is 267 g/mol. The summed E-state index contributed by atoms with van der Waals surface area (Å²) in [6.45, 7) is 3.59. The van der Waals surface area contributed by atoms with Crippen molar-refractivity contribution in [2.75, 3.05) is 6.61 Å². The topological polar surface area (TPSA) is 57.9 Å². The summed E-state index contributed by atoms with van der Waals surface area (Å²) in [5, 5.41) is 11.9. The molecular weight excluding hydrogens is 250 g/mol. The zero-order valence-corrected chi connectivity index (χ0v) is 11.5. The second-order valence-corrected chi connectivity index (χ2v) is 4.46. The molecule has 0 fully saturated rings. The Kier molecular flexibility index (Phi) is 5.10. The molecular formula is C16H17N3O. The second kappa shape index (κ2) is 7.27. The monoisotopic (exact) mass is 267 g/mol. The normalized spacial score (nSPS) is 10.0. The van der Waals surface area contributed by atoms with E-state index in [1.54, 1.807) is 6.20 Å². The van der Waals surface area contributed by atoms with E-state index in [1.807, 2.05) is 42.6 Å². The molecule has 1 N–H and O–H groups in total. The first-order valence-electron chi connectivity index (χ1n) is 6.49. The van der Waals surface area contributed by atoms with Gasteiger partial charge in [0.1, 0.15) is 11.8 Å². The first kappa shape index (κ1) is 14.0. The molecule has 0 saturated heterocycles. The average Bonchev–Trinajstić information content (AvgIpc) is 2.48. The summed E-state index contributed by atoms with van der Waals surface area (Å²) < 4.78 is 5.40. The summed E-state index contributed by atoms with van der Waals surface area (Å²) in [5.74, 6) is 0.754. The number of aromatic nitrogens is 1. The van der Waals surface area contributed by atoms with Crippen LogP contribution in [0.3, 0.4) is 0 Å². The fourth-order valence-electron chi connectivity index (χ4n) is 1.91. The summed E-state index contributed by atoms with van der Waals surface area (Å²) in [5.41, 5.74) is 3.45. The van der Waals surface area contributed by atoms with E-state index in [0.29, 0.717) is 6.54 Å². The van der Waals surface area contributed by atoms with Gasteiger partial charge >= 0.3 is 0 Å². The molecule has 0 aliphatic heterocycles. The summed E-state index contributed by atoms with van der Waals surface area (Å²) in [6.07, 6.45) is 3.67. The Morgan fingerprint density at radius 3 is 2.80 bits per heavy atom. The zero-order chi connectivity index (χ0) is 14.2. The lowest BCUT2D eigenvalue weighted by Crippen LogP contribution is -2.14. The maximum Gasteiger partial charge on any atom is 0.174 e. The highest BCUT2D eigenvalue weighted by Gasteiger charge is 2.03. The molecule has 4 heteroatoms. The van der Waals surface area contributed by atoms with E-state index in [2.05, 4.69) is 17.2 Å². The molecule has 0 amide bonds. The highest BCUT2D eigenvalue weighted by Crippen LogP contribution is 2.17. The molecule has 20 heavy (non-hydrogen) atoms. The molecule has 2 aromatic rings. The van der Waals surface area contributed by atoms with E-state index in [9.17, 15) is 0 Å². The third kappa shape index (κ3) is 3.81. The van der Waals surface area contributed by atoms with Crippen molar-refractivity contribution in [3.63, 3.8) is 0 Å². The summed E-state index contributed by atoms with van der Waals surface area (Å²) in [4.78, 5) is 4.13. The van der Waals surface area contributed by atoms with Crippen molar-refractivity contribution in [3.8, 4) is 11.8 Å². The van der Waals surface area contributed by atoms with E-state index in [1.165, 1.54) is 11.1 Å². The van der Waals surface area contributed by atoms with Gasteiger partial charge in [-0.15, -0.1) is 0 Å². The van der Waals surface area contributed by atoms with Gasteiger partial charge in [-0.3, -0.25) is 4.98 Å². The highest BCUT2D eigenvalue weighted by atomic mass is 16.5. The van der Waals surface area contributed by atoms with Crippen LogP contribution in [0.4, 0.5) is 0 Å². The lowest BCUT2D eigenvalue weighted by atomic mass is 10.1. The van der Waals surface area contributed by atoms with Crippen molar-refractivity contribution in [2.24, 2.45) is 0 Å². The van der Waals surface area contributed by atoms with Crippen molar-refractivity contribution >= 4 is 0 Å². The van der Waals surface area contributed by atoms with Gasteiger partial charge in [-0.25, -0.2) is 0 Å². The molecule has 0 saturated carbocycles. The number of pyridine rings is 1. The van der Waals surface area contributed by atoms with Gasteiger partial charge in [0.25, 0.3) is 0 Å². The lowest BCUT2D eigenvalue weighted by molar-refractivity contribution is 0.362. The van der Waals surface area contributed by atoms with Crippen molar-refractivity contribution < 1.29 is 4.74 Å². The van der Waals surface area contributed by atoms with Gasteiger partial charge in [0.15, 0.2) is 6.61 Å². The maximum absolute atomic E-state index is 8.58. The van der Waals surface area contributed by atoms with Crippen LogP contribution in [0.25, 0.3) is 0 Å². The van der Waals surface area contributed by atoms with Gasteiger partial charge in [0.2, 0.25) is 0 Å². The van der Waals surface area contributed by atoms with Crippen LogP contribution in [0, 0.1) is 18.3 Å². The number of hydrogen-bond donors (Lipinski definition) is 1. The fourth-order valence-corrected chi connectivity index (χ4v) is 1.91. The Morgan fingerprint density at radius 1 is 1.20 bits per heavy atom. The number of ether oxygens (including phenoxy) is 1. The van der Waals surface area contributed by atoms with Gasteiger partial charge < -0.3 is 10.1 Å². The Balaban J connectivity index is 1.94. The minimum Gasteiger partial charge on any atom is -0.478 e. The van der Waals surface area contributed by atoms with Crippen LogP contribution in [-0.2, 0) is 13.1 Å². The zero-order valence-electron chi connectivity index (χ0n) is 11.5. The first-order valence-corrected chi connectivity index (χ1v) is 6.49. The van der Waals surface area contributed by atoms with E-state index < -0.39 is 0 Å². The van der Waals surface area contributed by atoms with Crippen LogP contribution in [0.15, 0.2) is 42.7 Å². The van der Waals surface area contributed by atoms with Crippen molar-refractivity contribution in [1.29, 1.82) is 5.26 Å². The summed E-state index contributed by atoms with van der Waals surface area (Å²) in [6, 6.07) is 11.7. The van der Waals surface area contributed by atoms with E-state index in [-0.39, 0.29) is 6.61 Å². The van der Waals surface area contributed by atoms with Gasteiger partial charge in [-0.2, -0.15) is 5.26 Å². The van der Waals surface area contributed by atoms with Crippen molar-refractivity contribution in [2.45, 2.75) is 20.0 Å². The van der Waals surface area contributed by atoms with Crippen LogP contribution < -0.4 is 10.1 Å². The Hall–Kier alpha value is -2.38. The molecule has 0 atom stereocenters. The summed E-state index contributed by atoms with van der Waals surface area (Å²) >= 11 is 0. The molecule has 0 radical (unpaired) electrons. The number of nitriles is 1. The Labute approximate surface area is 119 Å². The molecule has 0 aliphatic rings. The molecule has 0 bridgehead atoms. The number of nitrogens with zero attached hydrogens (tertiary/aromatic N) is 2. The molecule has 102 valence electrons. The maximum atomic E-state index is 8.58. The molecule has 0 spiro atoms. The standard InChI is InChI=1S/C16H17N3O/c1-13-6-8-18-11-15(13)12-19-10-14-4-2-3-5-16(14)20-9-7-17/h2-6,8,11,19H,9-10,12H2,1H3. The largest absolute Gasteiger partial charge is 0.478 e. The molecule has 0 unspecified atom stereocenters. The molecule has 4 nitrogen and oxygen atoms in total. The first-order chi connectivity index (χ1) is 9.81. The molecule has 1 aromatic carbocycles. The third-order valence-electron chi connectivity index (χ3n) is 3.04. The lowest BCUT2D eigenvalue weighted by Gasteiger charge is -2.11. The van der Waals surface area contributed by atoms with Gasteiger partial charge in [0.05, 0.1) is 0 Å². The Bertz CT molecular complexity index is 605. The number of aryl methyl sites for hydroxylation is 1. The van der Waals surface area contributed by atoms with Crippen LogP contribution >= 0.6 is 0 Å². The molecule has 0 aliphatic carbocycles. The van der Waals surface area contributed by atoms with Crippen molar-refractivity contribution in [3.05, 3.63) is 59.4 Å². The molecule has 1 aromatic heterocycles. The van der Waals surface area contributed by atoms with Gasteiger partial charge in [-0.05, 0) is 30.2 Å². The van der Waals surface area contributed by atoms with Crippen LogP contribution in [0.1, 0.15) is 16.7 Å². The third-order valence-corrected chi connectivity index (χ3v) is 3.04. The van der Waals surface area contributed by atoms with Gasteiger partial charge in [-0.1, -0.05) is 18.2 Å². The Morgan fingerprint density at radius 2 is 2.00 bits per heavy atom. The second-order valence-electron chi connectivity index (χ2n) is 4.46. The minimum absolute atomic E-state index is 0.0682. The van der Waals surface area contributed by atoms with Crippen LogP contribution in [0.2, 0.25) is 0 Å².